The van der Waals surface area contributed by atoms with Crippen LogP contribution in [-0.4, -0.2) is 13.1 Å². The maximum Gasteiger partial charge on any atom is 0.0345 e. The molecular formula is C18H27NS. The first-order valence-corrected chi connectivity index (χ1v) is 8.56. The summed E-state index contributed by atoms with van der Waals surface area (Å²) < 4.78 is 1.41. The summed E-state index contributed by atoms with van der Waals surface area (Å²) in [6.07, 6.45) is 2.38. The third-order valence-corrected chi connectivity index (χ3v) is 5.08. The van der Waals surface area contributed by atoms with Gasteiger partial charge in [0.25, 0.3) is 0 Å². The van der Waals surface area contributed by atoms with Crippen LogP contribution >= 0.6 is 11.3 Å². The molecule has 1 aromatic heterocycles. The summed E-state index contributed by atoms with van der Waals surface area (Å²) in [6, 6.07) is 8.78. The van der Waals surface area contributed by atoms with Gasteiger partial charge in [0.1, 0.15) is 0 Å². The minimum Gasteiger partial charge on any atom is -0.316 e. The fourth-order valence-electron chi connectivity index (χ4n) is 2.59. The van der Waals surface area contributed by atoms with Gasteiger partial charge in [0.2, 0.25) is 0 Å². The molecule has 2 rings (SSSR count). The van der Waals surface area contributed by atoms with Gasteiger partial charge in [-0.05, 0) is 59.7 Å². The Labute approximate surface area is 127 Å². The molecule has 0 bridgehead atoms. The van der Waals surface area contributed by atoms with E-state index < -0.39 is 0 Å². The second-order valence-electron chi connectivity index (χ2n) is 6.73. The SMILES string of the molecule is CCCNCC(Cc1csc2ccccc12)C(C)(C)C. The molecule has 0 radical (unpaired) electrons. The topological polar surface area (TPSA) is 12.0 Å². The predicted octanol–water partition coefficient (Wildman–Crippen LogP) is 5.11. The molecule has 1 unspecified atom stereocenters. The van der Waals surface area contributed by atoms with E-state index in [-0.39, 0.29) is 0 Å². The van der Waals surface area contributed by atoms with E-state index in [9.17, 15) is 0 Å². The van der Waals surface area contributed by atoms with E-state index in [0.29, 0.717) is 11.3 Å². The summed E-state index contributed by atoms with van der Waals surface area (Å²) in [7, 11) is 0. The molecule has 0 fully saturated rings. The molecule has 0 aliphatic rings. The molecule has 110 valence electrons. The normalized spacial score (nSPS) is 13.8. The second kappa shape index (κ2) is 6.73. The highest BCUT2D eigenvalue weighted by Crippen LogP contribution is 2.33. The van der Waals surface area contributed by atoms with E-state index in [1.54, 1.807) is 0 Å². The zero-order valence-electron chi connectivity index (χ0n) is 13.2. The zero-order chi connectivity index (χ0) is 14.6. The molecule has 0 aliphatic heterocycles. The quantitative estimate of drug-likeness (QED) is 0.729. The zero-order valence-corrected chi connectivity index (χ0v) is 14.0. The molecule has 1 heterocycles. The van der Waals surface area contributed by atoms with Gasteiger partial charge in [-0.1, -0.05) is 45.9 Å². The highest BCUT2D eigenvalue weighted by molar-refractivity contribution is 7.17. The Morgan fingerprint density at radius 1 is 1.20 bits per heavy atom. The highest BCUT2D eigenvalue weighted by atomic mass is 32.1. The summed E-state index contributed by atoms with van der Waals surface area (Å²) in [5.41, 5.74) is 1.85. The maximum atomic E-state index is 3.61. The van der Waals surface area contributed by atoms with Gasteiger partial charge in [-0.2, -0.15) is 0 Å². The highest BCUT2D eigenvalue weighted by Gasteiger charge is 2.25. The number of nitrogens with one attached hydrogen (secondary N) is 1. The molecule has 0 amide bonds. The van der Waals surface area contributed by atoms with Gasteiger partial charge in [-0.15, -0.1) is 11.3 Å². The van der Waals surface area contributed by atoms with Crippen LogP contribution in [0, 0.1) is 11.3 Å². The van der Waals surface area contributed by atoms with E-state index in [2.05, 4.69) is 62.7 Å². The third kappa shape index (κ3) is 3.83. The minimum absolute atomic E-state index is 0.337. The van der Waals surface area contributed by atoms with Crippen LogP contribution in [-0.2, 0) is 6.42 Å². The molecule has 1 aromatic carbocycles. The standard InChI is InChI=1S/C18H27NS/c1-5-10-19-12-15(18(2,3)4)11-14-13-20-17-9-7-6-8-16(14)17/h6-9,13,15,19H,5,10-12H2,1-4H3. The summed E-state index contributed by atoms with van der Waals surface area (Å²) in [6.45, 7) is 11.5. The van der Waals surface area contributed by atoms with Gasteiger partial charge in [0.15, 0.2) is 0 Å². The Bertz CT molecular complexity index is 536. The van der Waals surface area contributed by atoms with E-state index in [1.807, 2.05) is 11.3 Å². The van der Waals surface area contributed by atoms with Crippen molar-refractivity contribution in [2.45, 2.75) is 40.5 Å². The van der Waals surface area contributed by atoms with Crippen LogP contribution in [0.15, 0.2) is 29.6 Å². The molecule has 0 saturated carbocycles. The number of hydrogen-bond donors (Lipinski definition) is 1. The van der Waals surface area contributed by atoms with Crippen LogP contribution in [0.5, 0.6) is 0 Å². The average Bonchev–Trinajstić information content (AvgIpc) is 2.80. The van der Waals surface area contributed by atoms with Gasteiger partial charge < -0.3 is 5.32 Å². The molecule has 20 heavy (non-hydrogen) atoms. The van der Waals surface area contributed by atoms with Gasteiger partial charge in [-0.25, -0.2) is 0 Å². The molecule has 2 heteroatoms. The Balaban J connectivity index is 2.14. The van der Waals surface area contributed by atoms with E-state index in [1.165, 1.54) is 28.5 Å². The lowest BCUT2D eigenvalue weighted by Gasteiger charge is -2.31. The van der Waals surface area contributed by atoms with Crippen LogP contribution in [0.2, 0.25) is 0 Å². The van der Waals surface area contributed by atoms with Crippen LogP contribution in [0.3, 0.4) is 0 Å². The van der Waals surface area contributed by atoms with Crippen molar-refractivity contribution in [3.8, 4) is 0 Å². The Morgan fingerprint density at radius 2 is 1.95 bits per heavy atom. The van der Waals surface area contributed by atoms with Crippen LogP contribution in [0.1, 0.15) is 39.7 Å². The first kappa shape index (κ1) is 15.5. The fourth-order valence-corrected chi connectivity index (χ4v) is 3.57. The van der Waals surface area contributed by atoms with Crippen molar-refractivity contribution in [1.82, 2.24) is 5.32 Å². The fraction of sp³-hybridized carbons (Fsp3) is 0.556. The molecule has 0 saturated heterocycles. The lowest BCUT2D eigenvalue weighted by atomic mass is 9.77. The molecule has 1 atom stereocenters. The van der Waals surface area contributed by atoms with Gasteiger partial charge in [-0.3, -0.25) is 0 Å². The number of hydrogen-bond acceptors (Lipinski definition) is 2. The number of rotatable bonds is 6. The Hall–Kier alpha value is -0.860. The Morgan fingerprint density at radius 3 is 2.65 bits per heavy atom. The van der Waals surface area contributed by atoms with Crippen molar-refractivity contribution in [1.29, 1.82) is 0 Å². The smallest absolute Gasteiger partial charge is 0.0345 e. The lowest BCUT2D eigenvalue weighted by molar-refractivity contribution is 0.231. The predicted molar refractivity (Wildman–Crippen MR) is 91.6 cm³/mol. The van der Waals surface area contributed by atoms with Gasteiger partial charge >= 0.3 is 0 Å². The monoisotopic (exact) mass is 289 g/mol. The number of thiophene rings is 1. The molecule has 1 N–H and O–H groups in total. The van der Waals surface area contributed by atoms with Gasteiger partial charge in [0.05, 0.1) is 0 Å². The third-order valence-electron chi connectivity index (χ3n) is 4.07. The summed E-state index contributed by atoms with van der Waals surface area (Å²) >= 11 is 1.87. The second-order valence-corrected chi connectivity index (χ2v) is 7.64. The number of fused-ring (bicyclic) bond motifs is 1. The van der Waals surface area contributed by atoms with E-state index in [0.717, 1.165) is 13.1 Å². The maximum absolute atomic E-state index is 3.61. The lowest BCUT2D eigenvalue weighted by Crippen LogP contribution is -2.33. The van der Waals surface area contributed by atoms with Crippen molar-refractivity contribution in [3.05, 3.63) is 35.2 Å². The molecular weight excluding hydrogens is 262 g/mol. The molecule has 1 nitrogen and oxygen atoms in total. The Kier molecular flexibility index (Phi) is 5.22. The summed E-state index contributed by atoms with van der Waals surface area (Å²) in [5.74, 6) is 0.673. The summed E-state index contributed by atoms with van der Waals surface area (Å²) in [5, 5.41) is 7.40. The van der Waals surface area contributed by atoms with Crippen molar-refractivity contribution in [3.63, 3.8) is 0 Å². The van der Waals surface area contributed by atoms with Crippen molar-refractivity contribution in [2.24, 2.45) is 11.3 Å². The first-order chi connectivity index (χ1) is 9.52. The van der Waals surface area contributed by atoms with Crippen molar-refractivity contribution >= 4 is 21.4 Å². The number of benzene rings is 1. The van der Waals surface area contributed by atoms with Crippen molar-refractivity contribution in [2.75, 3.05) is 13.1 Å². The van der Waals surface area contributed by atoms with Gasteiger partial charge in [0, 0.05) is 4.70 Å². The van der Waals surface area contributed by atoms with E-state index in [4.69, 9.17) is 0 Å². The average molecular weight is 289 g/mol. The van der Waals surface area contributed by atoms with Crippen molar-refractivity contribution < 1.29 is 0 Å². The van der Waals surface area contributed by atoms with Crippen LogP contribution in [0.4, 0.5) is 0 Å². The largest absolute Gasteiger partial charge is 0.316 e. The van der Waals surface area contributed by atoms with Crippen LogP contribution in [0.25, 0.3) is 10.1 Å². The minimum atomic E-state index is 0.337. The molecule has 0 spiro atoms. The molecule has 2 aromatic rings. The first-order valence-electron chi connectivity index (χ1n) is 7.68. The molecule has 0 aliphatic carbocycles. The van der Waals surface area contributed by atoms with E-state index >= 15 is 0 Å². The summed E-state index contributed by atoms with van der Waals surface area (Å²) in [4.78, 5) is 0. The van der Waals surface area contributed by atoms with Crippen LogP contribution < -0.4 is 5.32 Å².